The molecule has 2 aromatic rings. The van der Waals surface area contributed by atoms with E-state index in [1.165, 1.54) is 27.4 Å². The fraction of sp³-hybridized carbons (Fsp3) is 0.381. The van der Waals surface area contributed by atoms with Crippen LogP contribution in [0.1, 0.15) is 29.9 Å². The second-order valence-electron chi connectivity index (χ2n) is 7.85. The number of nitrogens with zero attached hydrogens (tertiary/aromatic N) is 4. The standard InChI is InChI=1S/C21H22N4O6S/c1-10-16-15(11(2)26)19(27)25(16)17(21(30)31)18(10)32-8-7-12-9-24(23-22-12)14-6-4-3-5-13(14)20(28)29/h3-6,9-11,15-16,26H,7-8H2,1-2H3,(H,28,29)(H,30,31)/t10-,11-,15-,16-/m1/s1. The number of aryl methyl sites for hydroxylation is 1. The Morgan fingerprint density at radius 3 is 2.59 bits per heavy atom. The molecule has 1 aromatic carbocycles. The predicted octanol–water partition coefficient (Wildman–Crippen LogP) is 1.39. The minimum absolute atomic E-state index is 0.00607. The van der Waals surface area contributed by atoms with Crippen molar-refractivity contribution in [1.29, 1.82) is 0 Å². The van der Waals surface area contributed by atoms with Crippen LogP contribution in [-0.4, -0.2) is 71.0 Å². The zero-order chi connectivity index (χ0) is 23.2. The van der Waals surface area contributed by atoms with Gasteiger partial charge in [0.15, 0.2) is 0 Å². The van der Waals surface area contributed by atoms with Gasteiger partial charge < -0.3 is 20.2 Å². The summed E-state index contributed by atoms with van der Waals surface area (Å²) >= 11 is 1.35. The van der Waals surface area contributed by atoms with Crippen molar-refractivity contribution in [2.75, 3.05) is 5.75 Å². The number of aromatic nitrogens is 3. The molecule has 168 valence electrons. The van der Waals surface area contributed by atoms with Crippen LogP contribution in [0.5, 0.6) is 0 Å². The summed E-state index contributed by atoms with van der Waals surface area (Å²) in [5, 5.41) is 37.1. The Balaban J connectivity index is 1.47. The van der Waals surface area contributed by atoms with Crippen LogP contribution in [0.25, 0.3) is 5.69 Å². The molecule has 1 fully saturated rings. The fourth-order valence-electron chi connectivity index (χ4n) is 4.37. The van der Waals surface area contributed by atoms with Crippen LogP contribution in [0.4, 0.5) is 0 Å². The lowest BCUT2D eigenvalue weighted by molar-refractivity contribution is -0.163. The Morgan fingerprint density at radius 1 is 1.22 bits per heavy atom. The number of carbonyl (C=O) groups is 3. The Hall–Kier alpha value is -3.18. The summed E-state index contributed by atoms with van der Waals surface area (Å²) < 4.78 is 1.40. The van der Waals surface area contributed by atoms with Gasteiger partial charge in [0.25, 0.3) is 0 Å². The smallest absolute Gasteiger partial charge is 0.353 e. The van der Waals surface area contributed by atoms with Crippen LogP contribution in [0.15, 0.2) is 41.1 Å². The molecule has 10 nitrogen and oxygen atoms in total. The van der Waals surface area contributed by atoms with Crippen molar-refractivity contribution in [2.24, 2.45) is 11.8 Å². The molecule has 32 heavy (non-hydrogen) atoms. The number of carbonyl (C=O) groups excluding carboxylic acids is 1. The van der Waals surface area contributed by atoms with Gasteiger partial charge in [-0.15, -0.1) is 16.9 Å². The lowest BCUT2D eigenvalue weighted by atomic mass is 9.79. The second-order valence-corrected chi connectivity index (χ2v) is 8.98. The monoisotopic (exact) mass is 458 g/mol. The van der Waals surface area contributed by atoms with Crippen molar-refractivity contribution in [3.63, 3.8) is 0 Å². The van der Waals surface area contributed by atoms with E-state index in [0.717, 1.165) is 0 Å². The van der Waals surface area contributed by atoms with Crippen molar-refractivity contribution < 1.29 is 29.7 Å². The van der Waals surface area contributed by atoms with E-state index in [4.69, 9.17) is 0 Å². The first kappa shape index (κ1) is 22.0. The third-order valence-electron chi connectivity index (χ3n) is 5.85. The minimum atomic E-state index is -1.16. The number of aliphatic hydroxyl groups is 1. The highest BCUT2D eigenvalue weighted by atomic mass is 32.2. The summed E-state index contributed by atoms with van der Waals surface area (Å²) in [4.78, 5) is 37.6. The number of aromatic carboxylic acids is 1. The SMILES string of the molecule is C[C@@H](O)[C@H]1C(=O)N2C(C(=O)O)=C(SCCc3cn(-c4ccccc4C(=O)O)nn3)[C@H](C)[C@H]12. The summed E-state index contributed by atoms with van der Waals surface area (Å²) in [5.41, 5.74) is 1.13. The normalized spacial score (nSPS) is 23.2. The highest BCUT2D eigenvalue weighted by Gasteiger charge is 2.59. The Morgan fingerprint density at radius 2 is 1.94 bits per heavy atom. The van der Waals surface area contributed by atoms with Gasteiger partial charge in [0, 0.05) is 23.0 Å². The summed E-state index contributed by atoms with van der Waals surface area (Å²) in [6.07, 6.45) is 1.28. The van der Waals surface area contributed by atoms with E-state index < -0.39 is 24.0 Å². The van der Waals surface area contributed by atoms with Gasteiger partial charge in [0.2, 0.25) is 5.91 Å². The molecule has 0 aliphatic carbocycles. The molecule has 0 unspecified atom stereocenters. The van der Waals surface area contributed by atoms with Crippen molar-refractivity contribution in [2.45, 2.75) is 32.4 Å². The number of carboxylic acid groups (broad SMARTS) is 2. The van der Waals surface area contributed by atoms with E-state index in [2.05, 4.69) is 10.3 Å². The Kier molecular flexibility index (Phi) is 5.78. The van der Waals surface area contributed by atoms with Crippen LogP contribution in [0.3, 0.4) is 0 Å². The molecule has 4 rings (SSSR count). The molecule has 0 radical (unpaired) electrons. The van der Waals surface area contributed by atoms with Crippen molar-refractivity contribution in [1.82, 2.24) is 19.9 Å². The number of carboxylic acids is 2. The summed E-state index contributed by atoms with van der Waals surface area (Å²) in [7, 11) is 0. The molecule has 0 spiro atoms. The van der Waals surface area contributed by atoms with Crippen molar-refractivity contribution in [3.8, 4) is 5.69 Å². The van der Waals surface area contributed by atoms with Crippen molar-refractivity contribution in [3.05, 3.63) is 52.3 Å². The lowest BCUT2D eigenvalue weighted by Gasteiger charge is -2.46. The maximum atomic E-state index is 12.4. The minimum Gasteiger partial charge on any atom is -0.478 e. The number of thioether (sulfide) groups is 1. The molecule has 1 amide bonds. The molecular weight excluding hydrogens is 436 g/mol. The van der Waals surface area contributed by atoms with Crippen LogP contribution >= 0.6 is 11.8 Å². The maximum absolute atomic E-state index is 12.4. The third kappa shape index (κ3) is 3.56. The number of hydrogen-bond acceptors (Lipinski definition) is 7. The lowest BCUT2D eigenvalue weighted by Crippen LogP contribution is -2.63. The molecule has 0 bridgehead atoms. The average molecular weight is 458 g/mol. The Labute approximate surface area is 187 Å². The molecule has 4 atom stereocenters. The molecule has 0 saturated carbocycles. The van der Waals surface area contributed by atoms with Gasteiger partial charge in [-0.1, -0.05) is 24.3 Å². The van der Waals surface area contributed by atoms with Gasteiger partial charge in [-0.05, 0) is 19.1 Å². The first-order valence-electron chi connectivity index (χ1n) is 10.1. The largest absolute Gasteiger partial charge is 0.478 e. The number of fused-ring (bicyclic) bond motifs is 1. The first-order chi connectivity index (χ1) is 15.2. The zero-order valence-electron chi connectivity index (χ0n) is 17.4. The number of para-hydroxylation sites is 1. The van der Waals surface area contributed by atoms with Gasteiger partial charge in [-0.3, -0.25) is 4.79 Å². The number of aliphatic hydroxyl groups excluding tert-OH is 1. The molecule has 2 aliphatic heterocycles. The maximum Gasteiger partial charge on any atom is 0.353 e. The van der Waals surface area contributed by atoms with Gasteiger partial charge in [-0.25, -0.2) is 14.3 Å². The van der Waals surface area contributed by atoms with Gasteiger partial charge in [0.05, 0.1) is 41.2 Å². The quantitative estimate of drug-likeness (QED) is 0.500. The summed E-state index contributed by atoms with van der Waals surface area (Å²) in [6.45, 7) is 3.42. The van der Waals surface area contributed by atoms with Crippen LogP contribution in [0, 0.1) is 11.8 Å². The molecule has 3 heterocycles. The highest BCUT2D eigenvalue weighted by molar-refractivity contribution is 8.03. The number of hydrogen-bond donors (Lipinski definition) is 3. The number of β-lactam (4-membered cyclic amide) rings is 1. The number of aliphatic carboxylic acids is 1. The third-order valence-corrected chi connectivity index (χ3v) is 7.13. The first-order valence-corrected chi connectivity index (χ1v) is 11.1. The van der Waals surface area contributed by atoms with E-state index in [1.807, 2.05) is 6.92 Å². The fourth-order valence-corrected chi connectivity index (χ4v) is 5.62. The van der Waals surface area contributed by atoms with Crippen molar-refractivity contribution >= 4 is 29.6 Å². The van der Waals surface area contributed by atoms with Crippen LogP contribution in [0.2, 0.25) is 0 Å². The molecule has 1 aromatic heterocycles. The number of amides is 1. The predicted molar refractivity (Wildman–Crippen MR) is 114 cm³/mol. The van der Waals surface area contributed by atoms with Gasteiger partial charge in [0.1, 0.15) is 5.70 Å². The molecule has 11 heteroatoms. The average Bonchev–Trinajstić information content (AvgIpc) is 3.29. The number of rotatable bonds is 8. The second kappa shape index (κ2) is 8.40. The van der Waals surface area contributed by atoms with Gasteiger partial charge in [-0.2, -0.15) is 0 Å². The topological polar surface area (TPSA) is 146 Å². The zero-order valence-corrected chi connectivity index (χ0v) is 18.2. The van der Waals surface area contributed by atoms with E-state index in [1.54, 1.807) is 31.3 Å². The van der Waals surface area contributed by atoms with Crippen LogP contribution < -0.4 is 0 Å². The van der Waals surface area contributed by atoms with Crippen LogP contribution in [-0.2, 0) is 16.0 Å². The summed E-state index contributed by atoms with van der Waals surface area (Å²) in [5.74, 6) is -2.86. The Bertz CT molecular complexity index is 1130. The molecular formula is C21H22N4O6S. The highest BCUT2D eigenvalue weighted by Crippen LogP contribution is 2.50. The summed E-state index contributed by atoms with van der Waals surface area (Å²) in [6, 6.07) is 6.13. The van der Waals surface area contributed by atoms with E-state index in [-0.39, 0.29) is 29.1 Å². The molecule has 2 aliphatic rings. The number of benzene rings is 1. The molecule has 3 N–H and O–H groups in total. The van der Waals surface area contributed by atoms with E-state index in [9.17, 15) is 29.7 Å². The van der Waals surface area contributed by atoms with E-state index in [0.29, 0.717) is 28.5 Å². The van der Waals surface area contributed by atoms with E-state index >= 15 is 0 Å². The molecule has 1 saturated heterocycles. The van der Waals surface area contributed by atoms with Gasteiger partial charge >= 0.3 is 11.9 Å².